The minimum atomic E-state index is -3.73. The Morgan fingerprint density at radius 2 is 1.86 bits per heavy atom. The summed E-state index contributed by atoms with van der Waals surface area (Å²) >= 11 is 1.02. The summed E-state index contributed by atoms with van der Waals surface area (Å²) in [4.78, 5) is 11.1. The molecule has 0 spiro atoms. The zero-order valence-corrected chi connectivity index (χ0v) is 14.4. The summed E-state index contributed by atoms with van der Waals surface area (Å²) in [6.07, 6.45) is 0.0881. The Morgan fingerprint density at radius 3 is 2.45 bits per heavy atom. The van der Waals surface area contributed by atoms with Gasteiger partial charge in [-0.05, 0) is 25.5 Å². The van der Waals surface area contributed by atoms with E-state index in [0.29, 0.717) is 6.42 Å². The highest BCUT2D eigenvalue weighted by molar-refractivity contribution is 7.91. The molecule has 0 saturated carbocycles. The lowest BCUT2D eigenvalue weighted by atomic mass is 10.3. The van der Waals surface area contributed by atoms with Gasteiger partial charge in [-0.1, -0.05) is 0 Å². The van der Waals surface area contributed by atoms with Gasteiger partial charge in [-0.25, -0.2) is 26.3 Å². The van der Waals surface area contributed by atoms with Crippen molar-refractivity contribution >= 4 is 37.4 Å². The Bertz CT molecular complexity index is 708. The first-order valence-electron chi connectivity index (χ1n) is 6.44. The molecule has 0 saturated heterocycles. The lowest BCUT2D eigenvalue weighted by Crippen LogP contribution is -2.27. The Morgan fingerprint density at radius 1 is 1.18 bits per heavy atom. The molecule has 0 aliphatic carbocycles. The van der Waals surface area contributed by atoms with Crippen LogP contribution in [0.15, 0.2) is 16.3 Å². The number of hydrogen-bond acceptors (Lipinski definition) is 6. The molecule has 1 aromatic heterocycles. The average molecular weight is 370 g/mol. The van der Waals surface area contributed by atoms with Crippen molar-refractivity contribution in [1.82, 2.24) is 9.44 Å². The van der Waals surface area contributed by atoms with Gasteiger partial charge in [0.05, 0.1) is 12.2 Å². The van der Waals surface area contributed by atoms with E-state index in [1.165, 1.54) is 13.0 Å². The van der Waals surface area contributed by atoms with Crippen molar-refractivity contribution in [2.75, 3.05) is 18.8 Å². The predicted octanol–water partition coefficient (Wildman–Crippen LogP) is -0.0171. The second kappa shape index (κ2) is 8.02. The largest absolute Gasteiger partial charge is 0.481 e. The van der Waals surface area contributed by atoms with Crippen molar-refractivity contribution in [3.8, 4) is 0 Å². The van der Waals surface area contributed by atoms with E-state index in [1.807, 2.05) is 0 Å². The maximum Gasteiger partial charge on any atom is 0.304 e. The molecule has 1 aromatic rings. The quantitative estimate of drug-likeness (QED) is 0.531. The van der Waals surface area contributed by atoms with Crippen molar-refractivity contribution in [2.24, 2.45) is 0 Å². The van der Waals surface area contributed by atoms with Gasteiger partial charge in [-0.15, -0.1) is 11.3 Å². The van der Waals surface area contributed by atoms with Crippen LogP contribution in [0.1, 0.15) is 18.2 Å². The van der Waals surface area contributed by atoms with Crippen LogP contribution in [-0.2, 0) is 31.3 Å². The standard InChI is InChI=1S/C11H18N2O6S3/c1-2-21(16,17)12-7-5-9-3-4-11(20-9)22(18,19)13-8-6-10(14)15/h3-4,12-13H,2,5-8H2,1H3,(H,14,15). The van der Waals surface area contributed by atoms with E-state index in [-0.39, 0.29) is 29.5 Å². The Hall–Kier alpha value is -1.01. The van der Waals surface area contributed by atoms with Crippen LogP contribution >= 0.6 is 11.3 Å². The zero-order chi connectivity index (χ0) is 16.8. The highest BCUT2D eigenvalue weighted by Gasteiger charge is 2.17. The van der Waals surface area contributed by atoms with Crippen LogP contribution in [0.4, 0.5) is 0 Å². The molecule has 11 heteroatoms. The first-order valence-corrected chi connectivity index (χ1v) is 10.4. The average Bonchev–Trinajstić information content (AvgIpc) is 2.87. The summed E-state index contributed by atoms with van der Waals surface area (Å²) in [5, 5.41) is 8.48. The molecule has 0 radical (unpaired) electrons. The molecule has 0 unspecified atom stereocenters. The molecule has 0 aromatic carbocycles. The first kappa shape index (κ1) is 19.0. The summed E-state index contributed by atoms with van der Waals surface area (Å²) in [5.41, 5.74) is 0. The van der Waals surface area contributed by atoms with E-state index >= 15 is 0 Å². The maximum absolute atomic E-state index is 11.9. The number of aliphatic carboxylic acids is 1. The smallest absolute Gasteiger partial charge is 0.304 e. The van der Waals surface area contributed by atoms with E-state index in [1.54, 1.807) is 6.07 Å². The molecule has 22 heavy (non-hydrogen) atoms. The van der Waals surface area contributed by atoms with Crippen LogP contribution in [0.25, 0.3) is 0 Å². The number of sulfonamides is 2. The molecule has 0 fully saturated rings. The van der Waals surface area contributed by atoms with Gasteiger partial charge in [-0.2, -0.15) is 0 Å². The van der Waals surface area contributed by atoms with Crippen molar-refractivity contribution < 1.29 is 26.7 Å². The van der Waals surface area contributed by atoms with Gasteiger partial charge in [0.1, 0.15) is 4.21 Å². The number of carboxylic acids is 1. The summed E-state index contributed by atoms with van der Waals surface area (Å²) in [6.45, 7) is 1.55. The second-order valence-corrected chi connectivity index (χ2v) is 9.57. The van der Waals surface area contributed by atoms with Crippen molar-refractivity contribution in [1.29, 1.82) is 0 Å². The topological polar surface area (TPSA) is 130 Å². The molecular weight excluding hydrogens is 352 g/mol. The molecule has 0 aliphatic rings. The van der Waals surface area contributed by atoms with E-state index in [9.17, 15) is 21.6 Å². The monoisotopic (exact) mass is 370 g/mol. The van der Waals surface area contributed by atoms with Gasteiger partial charge in [0.2, 0.25) is 20.0 Å². The van der Waals surface area contributed by atoms with Gasteiger partial charge in [0.25, 0.3) is 0 Å². The number of nitrogens with one attached hydrogen (secondary N) is 2. The molecule has 0 atom stereocenters. The van der Waals surface area contributed by atoms with Crippen molar-refractivity contribution in [2.45, 2.75) is 24.0 Å². The predicted molar refractivity (Wildman–Crippen MR) is 82.9 cm³/mol. The van der Waals surface area contributed by atoms with E-state index in [4.69, 9.17) is 5.11 Å². The lowest BCUT2D eigenvalue weighted by Gasteiger charge is -2.03. The molecule has 1 rings (SSSR count). The van der Waals surface area contributed by atoms with Crippen LogP contribution in [0.5, 0.6) is 0 Å². The third-order valence-corrected chi connectivity index (χ3v) is 7.11. The summed E-state index contributed by atoms with van der Waals surface area (Å²) in [5.74, 6) is -1.09. The summed E-state index contributed by atoms with van der Waals surface area (Å²) < 4.78 is 51.0. The van der Waals surface area contributed by atoms with Crippen LogP contribution in [0.2, 0.25) is 0 Å². The second-order valence-electron chi connectivity index (χ2n) is 4.31. The number of thiophene rings is 1. The molecule has 126 valence electrons. The van der Waals surface area contributed by atoms with E-state index in [2.05, 4.69) is 9.44 Å². The first-order chi connectivity index (χ1) is 10.2. The van der Waals surface area contributed by atoms with E-state index < -0.39 is 26.0 Å². The van der Waals surface area contributed by atoms with Gasteiger partial charge >= 0.3 is 5.97 Å². The minimum absolute atomic E-state index is 0.00936. The third-order valence-electron chi connectivity index (χ3n) is 2.61. The van der Waals surface area contributed by atoms with Crippen molar-refractivity contribution in [3.05, 3.63) is 17.0 Å². The van der Waals surface area contributed by atoms with Crippen LogP contribution in [-0.4, -0.2) is 46.8 Å². The highest BCUT2D eigenvalue weighted by atomic mass is 32.2. The van der Waals surface area contributed by atoms with Crippen LogP contribution in [0.3, 0.4) is 0 Å². The third kappa shape index (κ3) is 6.40. The Kier molecular flexibility index (Phi) is 6.94. The van der Waals surface area contributed by atoms with Gasteiger partial charge in [0.15, 0.2) is 0 Å². The molecule has 0 aliphatic heterocycles. The number of rotatable bonds is 10. The Labute approximate surface area is 133 Å². The zero-order valence-electron chi connectivity index (χ0n) is 11.9. The molecule has 3 N–H and O–H groups in total. The lowest BCUT2D eigenvalue weighted by molar-refractivity contribution is -0.136. The van der Waals surface area contributed by atoms with Crippen molar-refractivity contribution in [3.63, 3.8) is 0 Å². The Balaban J connectivity index is 2.58. The van der Waals surface area contributed by atoms with E-state index in [0.717, 1.165) is 16.2 Å². The molecule has 8 nitrogen and oxygen atoms in total. The number of carbonyl (C=O) groups is 1. The molecular formula is C11H18N2O6S3. The fraction of sp³-hybridized carbons (Fsp3) is 0.545. The summed E-state index contributed by atoms with van der Waals surface area (Å²) in [6, 6.07) is 3.02. The van der Waals surface area contributed by atoms with Gasteiger partial charge in [-0.3, -0.25) is 4.79 Å². The fourth-order valence-electron chi connectivity index (χ4n) is 1.43. The number of carboxylic acid groups (broad SMARTS) is 1. The SMILES string of the molecule is CCS(=O)(=O)NCCc1ccc(S(=O)(=O)NCCC(=O)O)s1. The van der Waals surface area contributed by atoms with Crippen LogP contribution < -0.4 is 9.44 Å². The maximum atomic E-state index is 11.9. The highest BCUT2D eigenvalue weighted by Crippen LogP contribution is 2.21. The number of hydrogen-bond donors (Lipinski definition) is 3. The molecule has 0 bridgehead atoms. The van der Waals surface area contributed by atoms with Crippen LogP contribution in [0, 0.1) is 0 Å². The van der Waals surface area contributed by atoms with Gasteiger partial charge in [0, 0.05) is 18.0 Å². The van der Waals surface area contributed by atoms with Gasteiger partial charge < -0.3 is 5.11 Å². The summed E-state index contributed by atoms with van der Waals surface area (Å²) in [7, 11) is -6.99. The molecule has 1 heterocycles. The minimum Gasteiger partial charge on any atom is -0.481 e. The fourth-order valence-corrected chi connectivity index (χ4v) is 4.48. The molecule has 0 amide bonds. The normalized spacial score (nSPS) is 12.4.